The minimum absolute atomic E-state index is 0. The molecule has 3 rings (SSSR count). The monoisotopic (exact) mass is 371 g/mol. The molecule has 0 bridgehead atoms. The number of ether oxygens (including phenoxy) is 1. The van der Waals surface area contributed by atoms with Gasteiger partial charge in [-0.05, 0) is 29.8 Å². The van der Waals surface area contributed by atoms with Crippen molar-refractivity contribution in [2.45, 2.75) is 6.10 Å². The van der Waals surface area contributed by atoms with Crippen LogP contribution < -0.4 is 5.32 Å². The van der Waals surface area contributed by atoms with E-state index >= 15 is 0 Å². The van der Waals surface area contributed by atoms with Gasteiger partial charge in [-0.25, -0.2) is 4.79 Å². The van der Waals surface area contributed by atoms with Crippen LogP contribution in [0, 0.1) is 5.92 Å². The first-order valence-electron chi connectivity index (χ1n) is 7.07. The number of esters is 1. The van der Waals surface area contributed by atoms with E-state index in [1.165, 1.54) is 0 Å². The highest BCUT2D eigenvalue weighted by molar-refractivity contribution is 6.42. The molecule has 122 valence electrons. The Morgan fingerprint density at radius 3 is 2.35 bits per heavy atom. The average Bonchev–Trinajstić information content (AvgIpc) is 2.48. The summed E-state index contributed by atoms with van der Waals surface area (Å²) in [5.74, 6) is -0.0894. The quantitative estimate of drug-likeness (QED) is 0.801. The predicted molar refractivity (Wildman–Crippen MR) is 94.7 cm³/mol. The van der Waals surface area contributed by atoms with Gasteiger partial charge in [-0.1, -0.05) is 47.5 Å². The van der Waals surface area contributed by atoms with Crippen molar-refractivity contribution in [1.29, 1.82) is 0 Å². The van der Waals surface area contributed by atoms with E-state index in [0.29, 0.717) is 15.6 Å². The predicted octanol–water partition coefficient (Wildman–Crippen LogP) is 4.53. The number of benzene rings is 2. The Morgan fingerprint density at radius 1 is 1.09 bits per heavy atom. The SMILES string of the molecule is Cl.O=C(OC(c1ccc(Cl)c(Cl)c1)C1CNC1)c1ccccc1. The molecule has 0 saturated carbocycles. The lowest BCUT2D eigenvalue weighted by atomic mass is 9.91. The lowest BCUT2D eigenvalue weighted by Crippen LogP contribution is -2.46. The molecule has 2 aromatic rings. The molecule has 6 heteroatoms. The van der Waals surface area contributed by atoms with Crippen molar-refractivity contribution in [2.24, 2.45) is 5.92 Å². The molecule has 1 heterocycles. The fraction of sp³-hybridized carbons (Fsp3) is 0.235. The standard InChI is InChI=1S/C17H15Cl2NO2.ClH/c18-14-7-6-12(8-15(14)19)16(13-9-20-10-13)22-17(21)11-4-2-1-3-5-11;/h1-8,13,16,20H,9-10H2;1H. The van der Waals surface area contributed by atoms with Gasteiger partial charge in [0.25, 0.3) is 0 Å². The highest BCUT2D eigenvalue weighted by atomic mass is 35.5. The summed E-state index contributed by atoms with van der Waals surface area (Å²) < 4.78 is 5.74. The Bertz CT molecular complexity index is 675. The second kappa shape index (κ2) is 8.02. The van der Waals surface area contributed by atoms with Gasteiger partial charge in [-0.2, -0.15) is 0 Å². The van der Waals surface area contributed by atoms with E-state index in [-0.39, 0.29) is 30.4 Å². The van der Waals surface area contributed by atoms with Crippen LogP contribution in [0.2, 0.25) is 10.0 Å². The van der Waals surface area contributed by atoms with Gasteiger partial charge in [0.05, 0.1) is 15.6 Å². The third-order valence-electron chi connectivity index (χ3n) is 3.76. The first-order chi connectivity index (χ1) is 10.6. The highest BCUT2D eigenvalue weighted by Crippen LogP contribution is 2.33. The molecule has 1 fully saturated rings. The van der Waals surface area contributed by atoms with Gasteiger partial charge >= 0.3 is 5.97 Å². The van der Waals surface area contributed by atoms with Gasteiger partial charge in [0.2, 0.25) is 0 Å². The Kier molecular flexibility index (Phi) is 6.31. The normalized spacial score (nSPS) is 15.2. The molecule has 0 spiro atoms. The van der Waals surface area contributed by atoms with Crippen LogP contribution >= 0.6 is 35.6 Å². The number of nitrogens with one attached hydrogen (secondary N) is 1. The number of hydrogen-bond donors (Lipinski definition) is 1. The van der Waals surface area contributed by atoms with Crippen molar-refractivity contribution in [2.75, 3.05) is 13.1 Å². The summed E-state index contributed by atoms with van der Waals surface area (Å²) in [5.41, 5.74) is 1.41. The van der Waals surface area contributed by atoms with Crippen LogP contribution in [0.4, 0.5) is 0 Å². The summed E-state index contributed by atoms with van der Waals surface area (Å²) in [4.78, 5) is 12.3. The molecule has 0 aromatic heterocycles. The third-order valence-corrected chi connectivity index (χ3v) is 4.50. The van der Waals surface area contributed by atoms with E-state index in [9.17, 15) is 4.79 Å². The van der Waals surface area contributed by atoms with Crippen molar-refractivity contribution in [3.8, 4) is 0 Å². The summed E-state index contributed by atoms with van der Waals surface area (Å²) >= 11 is 12.1. The van der Waals surface area contributed by atoms with Crippen molar-refractivity contribution in [3.05, 3.63) is 69.7 Å². The molecule has 3 nitrogen and oxygen atoms in total. The molecule has 1 atom stereocenters. The minimum Gasteiger partial charge on any atom is -0.453 e. The van der Waals surface area contributed by atoms with Gasteiger partial charge in [0, 0.05) is 19.0 Å². The van der Waals surface area contributed by atoms with Crippen LogP contribution in [0.3, 0.4) is 0 Å². The second-order valence-electron chi connectivity index (χ2n) is 5.28. The number of halogens is 3. The first-order valence-corrected chi connectivity index (χ1v) is 7.82. The van der Waals surface area contributed by atoms with E-state index in [1.54, 1.807) is 24.3 Å². The topological polar surface area (TPSA) is 38.3 Å². The zero-order valence-corrected chi connectivity index (χ0v) is 14.5. The van der Waals surface area contributed by atoms with Gasteiger partial charge < -0.3 is 10.1 Å². The summed E-state index contributed by atoms with van der Waals surface area (Å²) in [5, 5.41) is 4.16. The number of rotatable bonds is 4. The zero-order chi connectivity index (χ0) is 15.5. The van der Waals surface area contributed by atoms with Crippen LogP contribution in [-0.4, -0.2) is 19.1 Å². The molecule has 1 N–H and O–H groups in total. The van der Waals surface area contributed by atoms with Crippen LogP contribution in [-0.2, 0) is 4.74 Å². The number of carbonyl (C=O) groups excluding carboxylic acids is 1. The lowest BCUT2D eigenvalue weighted by Gasteiger charge is -2.34. The molecule has 1 saturated heterocycles. The number of carbonyl (C=O) groups is 1. The molecular weight excluding hydrogens is 357 g/mol. The maximum atomic E-state index is 12.3. The first kappa shape index (κ1) is 18.1. The Labute approximate surface area is 151 Å². The third kappa shape index (κ3) is 4.18. The van der Waals surface area contributed by atoms with Crippen molar-refractivity contribution < 1.29 is 9.53 Å². The minimum atomic E-state index is -0.330. The highest BCUT2D eigenvalue weighted by Gasteiger charge is 2.32. The summed E-state index contributed by atoms with van der Waals surface area (Å²) in [6.07, 6.45) is -0.330. The van der Waals surface area contributed by atoms with E-state index in [1.807, 2.05) is 24.3 Å². The summed E-state index contributed by atoms with van der Waals surface area (Å²) in [6.45, 7) is 1.62. The van der Waals surface area contributed by atoms with Gasteiger partial charge in [0.15, 0.2) is 0 Å². The van der Waals surface area contributed by atoms with Crippen LogP contribution in [0.25, 0.3) is 0 Å². The molecule has 23 heavy (non-hydrogen) atoms. The Balaban J connectivity index is 0.00000192. The second-order valence-corrected chi connectivity index (χ2v) is 6.10. The number of hydrogen-bond acceptors (Lipinski definition) is 3. The van der Waals surface area contributed by atoms with E-state index < -0.39 is 0 Å². The average molecular weight is 373 g/mol. The molecule has 0 aliphatic carbocycles. The van der Waals surface area contributed by atoms with Gasteiger partial charge in [0.1, 0.15) is 6.10 Å². The van der Waals surface area contributed by atoms with Crippen LogP contribution in [0.5, 0.6) is 0 Å². The molecule has 0 amide bonds. The van der Waals surface area contributed by atoms with Crippen molar-refractivity contribution in [3.63, 3.8) is 0 Å². The molecule has 1 aliphatic rings. The molecule has 1 unspecified atom stereocenters. The van der Waals surface area contributed by atoms with Crippen LogP contribution in [0.1, 0.15) is 22.0 Å². The maximum Gasteiger partial charge on any atom is 0.338 e. The molecular formula is C17H16Cl3NO2. The largest absolute Gasteiger partial charge is 0.453 e. The zero-order valence-electron chi connectivity index (χ0n) is 12.2. The fourth-order valence-electron chi connectivity index (χ4n) is 2.41. The molecule has 2 aromatic carbocycles. The van der Waals surface area contributed by atoms with Crippen molar-refractivity contribution in [1.82, 2.24) is 5.32 Å². The molecule has 0 radical (unpaired) electrons. The van der Waals surface area contributed by atoms with E-state index in [2.05, 4.69) is 5.32 Å². The smallest absolute Gasteiger partial charge is 0.338 e. The van der Waals surface area contributed by atoms with Gasteiger partial charge in [-0.3, -0.25) is 0 Å². The van der Waals surface area contributed by atoms with Crippen LogP contribution in [0.15, 0.2) is 48.5 Å². The Morgan fingerprint density at radius 2 is 1.78 bits per heavy atom. The summed E-state index contributed by atoms with van der Waals surface area (Å²) in [7, 11) is 0. The fourth-order valence-corrected chi connectivity index (χ4v) is 2.71. The van der Waals surface area contributed by atoms with Crippen molar-refractivity contribution >= 4 is 41.6 Å². The Hall–Kier alpha value is -1.26. The molecule has 1 aliphatic heterocycles. The van der Waals surface area contributed by atoms with E-state index in [0.717, 1.165) is 18.7 Å². The maximum absolute atomic E-state index is 12.3. The van der Waals surface area contributed by atoms with Gasteiger partial charge in [-0.15, -0.1) is 12.4 Å². The lowest BCUT2D eigenvalue weighted by molar-refractivity contribution is 0.00393. The summed E-state index contributed by atoms with van der Waals surface area (Å²) in [6, 6.07) is 14.3. The van der Waals surface area contributed by atoms with E-state index in [4.69, 9.17) is 27.9 Å².